The first-order chi connectivity index (χ1) is 10.1. The van der Waals surface area contributed by atoms with Gasteiger partial charge in [0.05, 0.1) is 7.11 Å². The molecular weight excluding hydrogens is 268 g/mol. The van der Waals surface area contributed by atoms with Gasteiger partial charge in [0.1, 0.15) is 24.0 Å². The molecule has 0 saturated carbocycles. The Morgan fingerprint density at radius 2 is 1.86 bits per heavy atom. The summed E-state index contributed by atoms with van der Waals surface area (Å²) in [6, 6.07) is 14.6. The van der Waals surface area contributed by atoms with E-state index in [-0.39, 0.29) is 6.61 Å². The van der Waals surface area contributed by atoms with Crippen molar-refractivity contribution in [3.05, 3.63) is 59.7 Å². The van der Waals surface area contributed by atoms with Crippen molar-refractivity contribution in [1.29, 1.82) is 0 Å². The van der Waals surface area contributed by atoms with Crippen LogP contribution in [0.15, 0.2) is 48.5 Å². The summed E-state index contributed by atoms with van der Waals surface area (Å²) in [5, 5.41) is 9.39. The minimum Gasteiger partial charge on any atom is -0.497 e. The first kappa shape index (κ1) is 14.9. The van der Waals surface area contributed by atoms with E-state index in [1.807, 2.05) is 31.2 Å². The molecular formula is C17H18O4. The van der Waals surface area contributed by atoms with E-state index in [0.29, 0.717) is 11.5 Å². The van der Waals surface area contributed by atoms with Crippen molar-refractivity contribution in [1.82, 2.24) is 0 Å². The fourth-order valence-electron chi connectivity index (χ4n) is 2.07. The Bertz CT molecular complexity index is 622. The van der Waals surface area contributed by atoms with Crippen LogP contribution in [0.4, 0.5) is 0 Å². The third-order valence-corrected chi connectivity index (χ3v) is 3.20. The lowest BCUT2D eigenvalue weighted by atomic mass is 9.98. The van der Waals surface area contributed by atoms with Crippen LogP contribution in [0.25, 0.3) is 0 Å². The van der Waals surface area contributed by atoms with Crippen LogP contribution in [0.3, 0.4) is 0 Å². The highest BCUT2D eigenvalue weighted by atomic mass is 16.5. The molecule has 1 unspecified atom stereocenters. The standard InChI is InChI=1S/C17H18O4/c1-12-5-3-6-13(9-12)16(17(18)19)11-21-15-8-4-7-14(10-15)20-2/h3-10,16H,11H2,1-2H3,(H,18,19). The number of aliphatic carboxylic acids is 1. The Hall–Kier alpha value is -2.49. The number of methoxy groups -OCH3 is 1. The summed E-state index contributed by atoms with van der Waals surface area (Å²) in [4.78, 5) is 11.5. The van der Waals surface area contributed by atoms with Crippen molar-refractivity contribution < 1.29 is 19.4 Å². The zero-order chi connectivity index (χ0) is 15.2. The van der Waals surface area contributed by atoms with E-state index in [9.17, 15) is 9.90 Å². The van der Waals surface area contributed by atoms with Crippen LogP contribution in [-0.2, 0) is 4.79 Å². The first-order valence-corrected chi connectivity index (χ1v) is 6.66. The molecule has 1 atom stereocenters. The normalized spacial score (nSPS) is 11.7. The highest BCUT2D eigenvalue weighted by Crippen LogP contribution is 2.22. The first-order valence-electron chi connectivity index (χ1n) is 6.66. The van der Waals surface area contributed by atoms with E-state index in [1.165, 1.54) is 0 Å². The van der Waals surface area contributed by atoms with Gasteiger partial charge in [0.25, 0.3) is 0 Å². The van der Waals surface area contributed by atoms with E-state index < -0.39 is 11.9 Å². The monoisotopic (exact) mass is 286 g/mol. The van der Waals surface area contributed by atoms with Gasteiger partial charge < -0.3 is 14.6 Å². The minimum atomic E-state index is -0.900. The van der Waals surface area contributed by atoms with Gasteiger partial charge in [0.2, 0.25) is 0 Å². The molecule has 0 bridgehead atoms. The molecule has 1 N–H and O–H groups in total. The maximum atomic E-state index is 11.5. The zero-order valence-electron chi connectivity index (χ0n) is 12.1. The number of hydrogen-bond acceptors (Lipinski definition) is 3. The maximum absolute atomic E-state index is 11.5. The number of aryl methyl sites for hydroxylation is 1. The molecule has 0 spiro atoms. The second kappa shape index (κ2) is 6.79. The molecule has 0 saturated heterocycles. The van der Waals surface area contributed by atoms with Gasteiger partial charge >= 0.3 is 5.97 Å². The molecule has 0 radical (unpaired) electrons. The van der Waals surface area contributed by atoms with Gasteiger partial charge in [-0.05, 0) is 24.6 Å². The maximum Gasteiger partial charge on any atom is 0.314 e. The molecule has 0 aliphatic heterocycles. The second-order valence-electron chi connectivity index (χ2n) is 4.79. The van der Waals surface area contributed by atoms with E-state index in [4.69, 9.17) is 9.47 Å². The van der Waals surface area contributed by atoms with Crippen LogP contribution in [0.2, 0.25) is 0 Å². The molecule has 0 amide bonds. The topological polar surface area (TPSA) is 55.8 Å². The number of hydrogen-bond donors (Lipinski definition) is 1. The number of ether oxygens (including phenoxy) is 2. The SMILES string of the molecule is COc1cccc(OCC(C(=O)O)c2cccc(C)c2)c1. The summed E-state index contributed by atoms with van der Waals surface area (Å²) >= 11 is 0. The molecule has 0 heterocycles. The van der Waals surface area contributed by atoms with Gasteiger partial charge in [0.15, 0.2) is 0 Å². The van der Waals surface area contributed by atoms with Crippen LogP contribution < -0.4 is 9.47 Å². The number of carboxylic acid groups (broad SMARTS) is 1. The third-order valence-electron chi connectivity index (χ3n) is 3.20. The Labute approximate surface area is 123 Å². The van der Waals surface area contributed by atoms with Gasteiger partial charge in [-0.1, -0.05) is 35.9 Å². The Kier molecular flexibility index (Phi) is 4.82. The smallest absolute Gasteiger partial charge is 0.314 e. The van der Waals surface area contributed by atoms with Crippen molar-refractivity contribution in [3.8, 4) is 11.5 Å². The molecule has 2 aromatic carbocycles. The minimum absolute atomic E-state index is 0.0754. The summed E-state index contributed by atoms with van der Waals surface area (Å²) in [6.07, 6.45) is 0. The average Bonchev–Trinajstić information content (AvgIpc) is 2.47. The van der Waals surface area contributed by atoms with Crippen molar-refractivity contribution in [3.63, 3.8) is 0 Å². The van der Waals surface area contributed by atoms with Crippen LogP contribution in [0.5, 0.6) is 11.5 Å². The molecule has 4 heteroatoms. The molecule has 0 aliphatic carbocycles. The lowest BCUT2D eigenvalue weighted by Gasteiger charge is -2.15. The van der Waals surface area contributed by atoms with E-state index in [0.717, 1.165) is 11.1 Å². The number of rotatable bonds is 6. The van der Waals surface area contributed by atoms with Crippen molar-refractivity contribution in [2.75, 3.05) is 13.7 Å². The lowest BCUT2D eigenvalue weighted by Crippen LogP contribution is -2.19. The predicted molar refractivity (Wildman–Crippen MR) is 80.0 cm³/mol. The highest BCUT2D eigenvalue weighted by Gasteiger charge is 2.21. The highest BCUT2D eigenvalue weighted by molar-refractivity contribution is 5.76. The lowest BCUT2D eigenvalue weighted by molar-refractivity contribution is -0.139. The molecule has 2 rings (SSSR count). The van der Waals surface area contributed by atoms with Crippen molar-refractivity contribution in [2.24, 2.45) is 0 Å². The van der Waals surface area contributed by atoms with Crippen molar-refractivity contribution in [2.45, 2.75) is 12.8 Å². The Balaban J connectivity index is 2.12. The van der Waals surface area contributed by atoms with Crippen LogP contribution >= 0.6 is 0 Å². The van der Waals surface area contributed by atoms with Gasteiger partial charge in [-0.25, -0.2) is 0 Å². The summed E-state index contributed by atoms with van der Waals surface area (Å²) in [7, 11) is 1.58. The van der Waals surface area contributed by atoms with Crippen LogP contribution in [0.1, 0.15) is 17.0 Å². The van der Waals surface area contributed by atoms with E-state index in [2.05, 4.69) is 0 Å². The van der Waals surface area contributed by atoms with Crippen molar-refractivity contribution >= 4 is 5.97 Å². The van der Waals surface area contributed by atoms with Crippen LogP contribution in [0, 0.1) is 6.92 Å². The number of carboxylic acids is 1. The Morgan fingerprint density at radius 3 is 2.52 bits per heavy atom. The molecule has 4 nitrogen and oxygen atoms in total. The second-order valence-corrected chi connectivity index (χ2v) is 4.79. The zero-order valence-corrected chi connectivity index (χ0v) is 12.1. The summed E-state index contributed by atoms with van der Waals surface area (Å²) in [5.41, 5.74) is 1.77. The third kappa shape index (κ3) is 3.99. The molecule has 110 valence electrons. The van der Waals surface area contributed by atoms with Crippen LogP contribution in [-0.4, -0.2) is 24.8 Å². The van der Waals surface area contributed by atoms with E-state index >= 15 is 0 Å². The van der Waals surface area contributed by atoms with Gasteiger partial charge in [0, 0.05) is 6.07 Å². The van der Waals surface area contributed by atoms with Gasteiger partial charge in [-0.3, -0.25) is 4.79 Å². The molecule has 0 fully saturated rings. The van der Waals surface area contributed by atoms with E-state index in [1.54, 1.807) is 31.4 Å². The summed E-state index contributed by atoms with van der Waals surface area (Å²) in [5.74, 6) is -0.331. The molecule has 2 aromatic rings. The quantitative estimate of drug-likeness (QED) is 0.885. The fraction of sp³-hybridized carbons (Fsp3) is 0.235. The molecule has 0 aliphatic rings. The molecule has 21 heavy (non-hydrogen) atoms. The Morgan fingerprint density at radius 1 is 1.14 bits per heavy atom. The summed E-state index contributed by atoms with van der Waals surface area (Å²) < 4.78 is 10.7. The summed E-state index contributed by atoms with van der Waals surface area (Å²) in [6.45, 7) is 2.01. The largest absolute Gasteiger partial charge is 0.497 e. The molecule has 0 aromatic heterocycles. The predicted octanol–water partition coefficient (Wildman–Crippen LogP) is 3.25. The van der Waals surface area contributed by atoms with Gasteiger partial charge in [-0.15, -0.1) is 0 Å². The average molecular weight is 286 g/mol. The number of benzene rings is 2. The number of carbonyl (C=O) groups is 1. The fourth-order valence-corrected chi connectivity index (χ4v) is 2.07. The van der Waals surface area contributed by atoms with Gasteiger partial charge in [-0.2, -0.15) is 0 Å².